The minimum atomic E-state index is -4.15. The van der Waals surface area contributed by atoms with Gasteiger partial charge in [-0.1, -0.05) is 25.1 Å². The van der Waals surface area contributed by atoms with E-state index in [1.165, 1.54) is 5.56 Å². The van der Waals surface area contributed by atoms with Gasteiger partial charge in [0.2, 0.25) is 0 Å². The number of alkyl halides is 3. The minimum Gasteiger partial charge on any atom is -0.367 e. The van der Waals surface area contributed by atoms with E-state index in [1.54, 1.807) is 0 Å². The number of anilines is 1. The van der Waals surface area contributed by atoms with Crippen LogP contribution in [0.1, 0.15) is 19.4 Å². The molecule has 2 nitrogen and oxygen atoms in total. The Labute approximate surface area is 118 Å². The second-order valence-corrected chi connectivity index (χ2v) is 5.69. The Morgan fingerprint density at radius 3 is 2.75 bits per heavy atom. The van der Waals surface area contributed by atoms with Gasteiger partial charge >= 0.3 is 6.18 Å². The third kappa shape index (κ3) is 3.88. The average molecular weight is 286 g/mol. The van der Waals surface area contributed by atoms with E-state index >= 15 is 0 Å². The van der Waals surface area contributed by atoms with Crippen molar-refractivity contribution < 1.29 is 13.2 Å². The molecule has 0 fully saturated rings. The summed E-state index contributed by atoms with van der Waals surface area (Å²) in [6.07, 6.45) is -3.11. The number of halogens is 3. The summed E-state index contributed by atoms with van der Waals surface area (Å²) in [6, 6.07) is 8.20. The SMILES string of the molecule is CC1Cc2ccccc2N(C(C)CNCC(F)(F)F)C1. The normalized spacial score (nSPS) is 20.6. The molecule has 1 aliphatic heterocycles. The molecule has 1 aliphatic rings. The molecule has 0 spiro atoms. The van der Waals surface area contributed by atoms with Gasteiger partial charge in [-0.15, -0.1) is 0 Å². The van der Waals surface area contributed by atoms with Gasteiger partial charge in [0.25, 0.3) is 0 Å². The molecular formula is C15H21F3N2. The molecule has 0 aromatic heterocycles. The summed E-state index contributed by atoms with van der Waals surface area (Å²) >= 11 is 0. The molecule has 0 saturated heterocycles. The Hall–Kier alpha value is -1.23. The Morgan fingerprint density at radius 1 is 1.35 bits per heavy atom. The summed E-state index contributed by atoms with van der Waals surface area (Å²) in [6.45, 7) is 4.45. The highest BCUT2D eigenvalue weighted by Gasteiger charge is 2.28. The Morgan fingerprint density at radius 2 is 2.05 bits per heavy atom. The molecule has 20 heavy (non-hydrogen) atoms. The zero-order valence-corrected chi connectivity index (χ0v) is 11.9. The zero-order chi connectivity index (χ0) is 14.8. The highest BCUT2D eigenvalue weighted by atomic mass is 19.4. The molecule has 0 saturated carbocycles. The summed E-state index contributed by atoms with van der Waals surface area (Å²) in [5, 5.41) is 2.50. The fraction of sp³-hybridized carbons (Fsp3) is 0.600. The molecule has 1 heterocycles. The molecule has 1 N–H and O–H groups in total. The first kappa shape index (κ1) is 15.2. The van der Waals surface area contributed by atoms with Crippen LogP contribution in [0.15, 0.2) is 24.3 Å². The first-order valence-corrected chi connectivity index (χ1v) is 6.99. The van der Waals surface area contributed by atoms with Gasteiger partial charge in [-0.2, -0.15) is 13.2 Å². The molecule has 5 heteroatoms. The van der Waals surface area contributed by atoms with Crippen molar-refractivity contribution in [3.63, 3.8) is 0 Å². The van der Waals surface area contributed by atoms with E-state index in [4.69, 9.17) is 0 Å². The number of nitrogens with zero attached hydrogens (tertiary/aromatic N) is 1. The maximum absolute atomic E-state index is 12.2. The van der Waals surface area contributed by atoms with Gasteiger partial charge in [0.15, 0.2) is 0 Å². The first-order chi connectivity index (χ1) is 9.37. The summed E-state index contributed by atoms with van der Waals surface area (Å²) in [7, 11) is 0. The van der Waals surface area contributed by atoms with Crippen LogP contribution in [0, 0.1) is 5.92 Å². The van der Waals surface area contributed by atoms with E-state index in [9.17, 15) is 13.2 Å². The van der Waals surface area contributed by atoms with Crippen molar-refractivity contribution in [2.24, 2.45) is 5.92 Å². The van der Waals surface area contributed by atoms with E-state index in [2.05, 4.69) is 29.3 Å². The highest BCUT2D eigenvalue weighted by Crippen LogP contribution is 2.30. The number of fused-ring (bicyclic) bond motifs is 1. The van der Waals surface area contributed by atoms with Crippen molar-refractivity contribution in [2.75, 3.05) is 24.5 Å². The lowest BCUT2D eigenvalue weighted by Crippen LogP contribution is -2.46. The lowest BCUT2D eigenvalue weighted by atomic mass is 9.93. The quantitative estimate of drug-likeness (QED) is 0.914. The van der Waals surface area contributed by atoms with Crippen molar-refractivity contribution >= 4 is 5.69 Å². The van der Waals surface area contributed by atoms with Crippen molar-refractivity contribution in [1.29, 1.82) is 0 Å². The van der Waals surface area contributed by atoms with Crippen LogP contribution in [-0.4, -0.2) is 31.9 Å². The molecule has 0 bridgehead atoms. The molecule has 0 amide bonds. The fourth-order valence-corrected chi connectivity index (χ4v) is 2.79. The smallest absolute Gasteiger partial charge is 0.367 e. The van der Waals surface area contributed by atoms with Gasteiger partial charge in [-0.25, -0.2) is 0 Å². The molecule has 1 aromatic rings. The van der Waals surface area contributed by atoms with E-state index in [1.807, 2.05) is 19.1 Å². The maximum Gasteiger partial charge on any atom is 0.401 e. The van der Waals surface area contributed by atoms with Crippen LogP contribution < -0.4 is 10.2 Å². The molecule has 0 radical (unpaired) electrons. The monoisotopic (exact) mass is 286 g/mol. The second-order valence-electron chi connectivity index (χ2n) is 5.69. The molecule has 2 atom stereocenters. The van der Waals surface area contributed by atoms with Gasteiger partial charge in [0.05, 0.1) is 6.54 Å². The molecular weight excluding hydrogens is 265 g/mol. The zero-order valence-electron chi connectivity index (χ0n) is 11.9. The van der Waals surface area contributed by atoms with Gasteiger partial charge in [0.1, 0.15) is 0 Å². The summed E-state index contributed by atoms with van der Waals surface area (Å²) in [4.78, 5) is 2.22. The summed E-state index contributed by atoms with van der Waals surface area (Å²) in [5.41, 5.74) is 2.45. The number of nitrogens with one attached hydrogen (secondary N) is 1. The standard InChI is InChI=1S/C15H21F3N2/c1-11-7-13-5-3-4-6-14(13)20(9-11)12(2)8-19-10-15(16,17)18/h3-6,11-12,19H,7-10H2,1-2H3. The third-order valence-electron chi connectivity index (χ3n) is 3.68. The summed E-state index contributed by atoms with van der Waals surface area (Å²) < 4.78 is 36.5. The third-order valence-corrected chi connectivity index (χ3v) is 3.68. The molecule has 0 aliphatic carbocycles. The molecule has 112 valence electrons. The highest BCUT2D eigenvalue weighted by molar-refractivity contribution is 5.56. The van der Waals surface area contributed by atoms with Crippen molar-refractivity contribution in [3.05, 3.63) is 29.8 Å². The number of hydrogen-bond donors (Lipinski definition) is 1. The van der Waals surface area contributed by atoms with Crippen LogP contribution in [0.2, 0.25) is 0 Å². The predicted molar refractivity (Wildman–Crippen MR) is 75.0 cm³/mol. The number of benzene rings is 1. The van der Waals surface area contributed by atoms with Crippen LogP contribution in [0.25, 0.3) is 0 Å². The van der Waals surface area contributed by atoms with Gasteiger partial charge < -0.3 is 10.2 Å². The lowest BCUT2D eigenvalue weighted by molar-refractivity contribution is -0.124. The van der Waals surface area contributed by atoms with Crippen LogP contribution in [0.3, 0.4) is 0 Å². The fourth-order valence-electron chi connectivity index (χ4n) is 2.79. The van der Waals surface area contributed by atoms with E-state index < -0.39 is 12.7 Å². The Kier molecular flexibility index (Phi) is 4.58. The molecule has 2 rings (SSSR count). The van der Waals surface area contributed by atoms with Crippen LogP contribution in [-0.2, 0) is 6.42 Å². The van der Waals surface area contributed by atoms with Crippen molar-refractivity contribution in [2.45, 2.75) is 32.5 Å². The molecule has 2 unspecified atom stereocenters. The lowest BCUT2D eigenvalue weighted by Gasteiger charge is -2.39. The first-order valence-electron chi connectivity index (χ1n) is 6.99. The number of rotatable bonds is 4. The van der Waals surface area contributed by atoms with Gasteiger partial charge in [0, 0.05) is 24.8 Å². The van der Waals surface area contributed by atoms with E-state index in [0.717, 1.165) is 18.7 Å². The van der Waals surface area contributed by atoms with Gasteiger partial charge in [-0.05, 0) is 30.9 Å². The van der Waals surface area contributed by atoms with Crippen molar-refractivity contribution in [3.8, 4) is 0 Å². The van der Waals surface area contributed by atoms with Crippen LogP contribution in [0.5, 0.6) is 0 Å². The van der Waals surface area contributed by atoms with Crippen LogP contribution in [0.4, 0.5) is 18.9 Å². The van der Waals surface area contributed by atoms with Gasteiger partial charge in [-0.3, -0.25) is 0 Å². The van der Waals surface area contributed by atoms with E-state index in [-0.39, 0.29) is 6.04 Å². The number of hydrogen-bond acceptors (Lipinski definition) is 2. The minimum absolute atomic E-state index is 0.0428. The largest absolute Gasteiger partial charge is 0.401 e. The number of para-hydroxylation sites is 1. The Bertz CT molecular complexity index is 445. The topological polar surface area (TPSA) is 15.3 Å². The molecule has 1 aromatic carbocycles. The predicted octanol–water partition coefficient (Wildman–Crippen LogP) is 3.23. The maximum atomic E-state index is 12.2. The second kappa shape index (κ2) is 6.04. The van der Waals surface area contributed by atoms with Crippen LogP contribution >= 0.6 is 0 Å². The summed E-state index contributed by atoms with van der Waals surface area (Å²) in [5.74, 6) is 0.523. The average Bonchev–Trinajstić information content (AvgIpc) is 2.36. The van der Waals surface area contributed by atoms with E-state index in [0.29, 0.717) is 12.5 Å². The van der Waals surface area contributed by atoms with Crippen molar-refractivity contribution in [1.82, 2.24) is 5.32 Å². The Balaban J connectivity index is 2.01.